The van der Waals surface area contributed by atoms with Gasteiger partial charge < -0.3 is 10.7 Å². The predicted molar refractivity (Wildman–Crippen MR) is 97.1 cm³/mol. The molecule has 0 amide bonds. The summed E-state index contributed by atoms with van der Waals surface area (Å²) in [6.45, 7) is 2.00. The Kier molecular flexibility index (Phi) is 4.48. The van der Waals surface area contributed by atoms with Crippen LogP contribution in [-0.2, 0) is 16.3 Å². The zero-order valence-electron chi connectivity index (χ0n) is 14.0. The van der Waals surface area contributed by atoms with Crippen LogP contribution in [0.2, 0.25) is 0 Å². The van der Waals surface area contributed by atoms with Crippen LogP contribution in [0.3, 0.4) is 0 Å². The number of rotatable bonds is 5. The molecule has 3 aromatic rings. The average molecular weight is 371 g/mol. The second-order valence-electron chi connectivity index (χ2n) is 5.79. The van der Waals surface area contributed by atoms with Gasteiger partial charge in [-0.05, 0) is 24.1 Å². The van der Waals surface area contributed by atoms with Crippen molar-refractivity contribution in [1.29, 1.82) is 10.0 Å². The molecule has 1 unspecified atom stereocenters. The van der Waals surface area contributed by atoms with E-state index in [1.807, 2.05) is 13.0 Å². The minimum absolute atomic E-state index is 0.0169. The molecule has 4 N–H and O–H groups in total. The van der Waals surface area contributed by atoms with E-state index >= 15 is 0 Å². The van der Waals surface area contributed by atoms with E-state index in [0.717, 1.165) is 5.56 Å². The van der Waals surface area contributed by atoms with Crippen molar-refractivity contribution in [3.8, 4) is 6.07 Å². The number of imidazole rings is 1. The number of nitrogens with one attached hydrogen (secondary N) is 2. The lowest BCUT2D eigenvalue weighted by atomic mass is 10.1. The normalized spacial score (nSPS) is 13.4. The fourth-order valence-electron chi connectivity index (χ4n) is 2.57. The maximum atomic E-state index is 12.5. The average Bonchev–Trinajstić information content (AvgIpc) is 2.92. The Hall–Kier alpha value is -3.19. The van der Waals surface area contributed by atoms with Gasteiger partial charge in [0.15, 0.2) is 11.5 Å². The number of fused-ring (bicyclic) bond motifs is 1. The van der Waals surface area contributed by atoms with Crippen molar-refractivity contribution in [2.75, 3.05) is 11.5 Å². The molecule has 134 valence electrons. The molecule has 10 heteroatoms. The largest absolute Gasteiger partial charge is 0.382 e. The van der Waals surface area contributed by atoms with Gasteiger partial charge in [0.1, 0.15) is 15.2 Å². The van der Waals surface area contributed by atoms with Crippen molar-refractivity contribution >= 4 is 26.7 Å². The Morgan fingerprint density at radius 2 is 2.04 bits per heavy atom. The lowest BCUT2D eigenvalue weighted by molar-refractivity contribution is 0.665. The third-order valence-corrected chi connectivity index (χ3v) is 5.60. The summed E-state index contributed by atoms with van der Waals surface area (Å²) in [7, 11) is -3.18. The monoisotopic (exact) mass is 371 g/mol. The third kappa shape index (κ3) is 3.16. The summed E-state index contributed by atoms with van der Waals surface area (Å²) < 4.78 is 21.8. The molecule has 0 spiro atoms. The fraction of sp³-hybridized carbons (Fsp3) is 0.250. The van der Waals surface area contributed by atoms with Crippen molar-refractivity contribution in [2.24, 2.45) is 0 Å². The molecule has 26 heavy (non-hydrogen) atoms. The summed E-state index contributed by atoms with van der Waals surface area (Å²) in [4.78, 5) is 23.1. The lowest BCUT2D eigenvalue weighted by Crippen LogP contribution is -2.18. The van der Waals surface area contributed by atoms with Gasteiger partial charge in [-0.25, -0.2) is 18.8 Å². The maximum absolute atomic E-state index is 12.5. The van der Waals surface area contributed by atoms with Gasteiger partial charge in [-0.2, -0.15) is 10.2 Å². The highest BCUT2D eigenvalue weighted by Gasteiger charge is 2.19. The van der Waals surface area contributed by atoms with Crippen LogP contribution in [0.4, 0.5) is 5.82 Å². The van der Waals surface area contributed by atoms with Crippen molar-refractivity contribution in [3.05, 3.63) is 45.9 Å². The van der Waals surface area contributed by atoms with Crippen LogP contribution < -0.4 is 11.4 Å². The van der Waals surface area contributed by atoms with Gasteiger partial charge in [0.05, 0.1) is 18.2 Å². The summed E-state index contributed by atoms with van der Waals surface area (Å²) >= 11 is 0. The highest BCUT2D eigenvalue weighted by molar-refractivity contribution is 7.92. The van der Waals surface area contributed by atoms with Gasteiger partial charge in [0.2, 0.25) is 5.16 Å². The number of hydrogen-bond acceptors (Lipinski definition) is 7. The molecule has 3 rings (SSSR count). The molecule has 0 aliphatic rings. The first kappa shape index (κ1) is 17.6. The minimum Gasteiger partial charge on any atom is -0.382 e. The van der Waals surface area contributed by atoms with Crippen LogP contribution in [0, 0.1) is 16.1 Å². The molecule has 2 aromatic heterocycles. The Labute approximate surface area is 149 Å². The second kappa shape index (κ2) is 6.61. The van der Waals surface area contributed by atoms with E-state index < -0.39 is 15.4 Å². The zero-order valence-corrected chi connectivity index (χ0v) is 14.8. The molecular formula is C16H17N7O2S. The van der Waals surface area contributed by atoms with Crippen LogP contribution in [0.1, 0.15) is 24.5 Å². The van der Waals surface area contributed by atoms with Crippen LogP contribution in [-0.4, -0.2) is 29.5 Å². The van der Waals surface area contributed by atoms with Crippen molar-refractivity contribution in [3.63, 3.8) is 0 Å². The fourth-order valence-corrected chi connectivity index (χ4v) is 3.81. The summed E-state index contributed by atoms with van der Waals surface area (Å²) in [5, 5.41) is 8.70. The molecule has 0 bridgehead atoms. The van der Waals surface area contributed by atoms with Gasteiger partial charge in [0, 0.05) is 5.75 Å². The molecule has 0 radical (unpaired) electrons. The first-order valence-electron chi connectivity index (χ1n) is 7.87. The van der Waals surface area contributed by atoms with Crippen molar-refractivity contribution in [1.82, 2.24) is 19.5 Å². The van der Waals surface area contributed by atoms with Crippen LogP contribution in [0.15, 0.2) is 34.2 Å². The first-order chi connectivity index (χ1) is 12.4. The van der Waals surface area contributed by atoms with E-state index in [9.17, 15) is 9.00 Å². The van der Waals surface area contributed by atoms with E-state index in [-0.39, 0.29) is 34.4 Å². The number of aromatic nitrogens is 4. The molecule has 0 saturated carbocycles. The summed E-state index contributed by atoms with van der Waals surface area (Å²) in [6.07, 6.45) is 0.537. The topological polar surface area (TPSA) is 154 Å². The smallest absolute Gasteiger partial charge is 0.328 e. The Balaban J connectivity index is 2.13. The first-order valence-corrected chi connectivity index (χ1v) is 9.60. The molecule has 1 atom stereocenters. The van der Waals surface area contributed by atoms with Gasteiger partial charge in [-0.1, -0.05) is 19.1 Å². The predicted octanol–water partition coefficient (Wildman–Crippen LogP) is 1.44. The summed E-state index contributed by atoms with van der Waals surface area (Å²) in [5.74, 6) is 0.0964. The van der Waals surface area contributed by atoms with Crippen LogP contribution >= 0.6 is 0 Å². The molecule has 0 aliphatic heterocycles. The summed E-state index contributed by atoms with van der Waals surface area (Å²) in [5.41, 5.74) is 7.20. The summed E-state index contributed by atoms with van der Waals surface area (Å²) in [6, 6.07) is 8.81. The number of nitriles is 1. The number of aromatic amines is 1. The van der Waals surface area contributed by atoms with Gasteiger partial charge >= 0.3 is 5.69 Å². The van der Waals surface area contributed by atoms with Gasteiger partial charge in [-0.15, -0.1) is 0 Å². The number of H-pyrrole nitrogens is 1. The number of nitrogen functional groups attached to an aromatic ring is 1. The Morgan fingerprint density at radius 3 is 2.65 bits per heavy atom. The van der Waals surface area contributed by atoms with Crippen molar-refractivity contribution in [2.45, 2.75) is 25.0 Å². The lowest BCUT2D eigenvalue weighted by Gasteiger charge is -2.08. The standard InChI is InChI=1S/C16H17N7O2S/c1-2-7-26(19,25)15-21-13(18)12-14(22-15)23(16(24)20-12)9-11-5-3-10(8-17)4-6-11/h3-6,19H,2,7,9H2,1H3,(H,20,24)(H2,18,21,22). The molecule has 0 aliphatic carbocycles. The van der Waals surface area contributed by atoms with Crippen LogP contribution in [0.25, 0.3) is 11.2 Å². The van der Waals surface area contributed by atoms with E-state index in [0.29, 0.717) is 12.0 Å². The van der Waals surface area contributed by atoms with Crippen LogP contribution in [0.5, 0.6) is 0 Å². The van der Waals surface area contributed by atoms with E-state index in [1.165, 1.54) is 4.57 Å². The number of nitrogens with two attached hydrogens (primary N) is 1. The van der Waals surface area contributed by atoms with Crippen molar-refractivity contribution < 1.29 is 4.21 Å². The molecule has 0 saturated heterocycles. The van der Waals surface area contributed by atoms with E-state index in [4.69, 9.17) is 15.8 Å². The maximum Gasteiger partial charge on any atom is 0.328 e. The molecule has 1 aromatic carbocycles. The number of anilines is 1. The third-order valence-electron chi connectivity index (χ3n) is 3.84. The molecule has 9 nitrogen and oxygen atoms in total. The highest BCUT2D eigenvalue weighted by atomic mass is 32.2. The second-order valence-corrected chi connectivity index (χ2v) is 7.92. The van der Waals surface area contributed by atoms with Gasteiger partial charge in [-0.3, -0.25) is 4.57 Å². The molecule has 2 heterocycles. The number of hydrogen-bond donors (Lipinski definition) is 3. The van der Waals surface area contributed by atoms with E-state index in [1.54, 1.807) is 24.3 Å². The number of benzene rings is 1. The Morgan fingerprint density at radius 1 is 1.35 bits per heavy atom. The Bertz CT molecular complexity index is 1170. The highest BCUT2D eigenvalue weighted by Crippen LogP contribution is 2.19. The molecule has 0 fully saturated rings. The minimum atomic E-state index is -3.18. The SMILES string of the molecule is CCCS(=N)(=O)c1nc(N)c2[nH]c(=O)n(Cc3ccc(C#N)cc3)c2n1. The number of nitrogens with zero attached hydrogens (tertiary/aromatic N) is 4. The quantitative estimate of drug-likeness (QED) is 0.576. The van der Waals surface area contributed by atoms with Gasteiger partial charge in [0.25, 0.3) is 0 Å². The molecular weight excluding hydrogens is 354 g/mol. The van der Waals surface area contributed by atoms with E-state index in [2.05, 4.69) is 15.0 Å². The zero-order chi connectivity index (χ0) is 18.9.